The number of aromatic nitrogens is 2. The third-order valence-corrected chi connectivity index (χ3v) is 5.37. The van der Waals surface area contributed by atoms with Gasteiger partial charge in [-0.05, 0) is 17.5 Å². The Labute approximate surface area is 143 Å². The summed E-state index contributed by atoms with van der Waals surface area (Å²) < 4.78 is 1.37. The van der Waals surface area contributed by atoms with Gasteiger partial charge in [-0.3, -0.25) is 9.59 Å². The molecule has 0 bridgehead atoms. The van der Waals surface area contributed by atoms with Gasteiger partial charge in [0.1, 0.15) is 14.9 Å². The Morgan fingerprint density at radius 2 is 2.23 bits per heavy atom. The van der Waals surface area contributed by atoms with Gasteiger partial charge >= 0.3 is 0 Å². The first-order chi connectivity index (χ1) is 10.5. The number of hydrogen-bond acceptors (Lipinski definition) is 5. The largest absolute Gasteiger partial charge is 0.334 e. The molecule has 0 aromatic carbocycles. The second-order valence-corrected chi connectivity index (χ2v) is 7.75. The van der Waals surface area contributed by atoms with Crippen molar-refractivity contribution in [2.45, 2.75) is 6.54 Å². The van der Waals surface area contributed by atoms with Crippen LogP contribution in [0.3, 0.4) is 0 Å². The van der Waals surface area contributed by atoms with E-state index in [9.17, 15) is 9.59 Å². The van der Waals surface area contributed by atoms with Gasteiger partial charge in [-0.1, -0.05) is 23.2 Å². The summed E-state index contributed by atoms with van der Waals surface area (Å²) in [7, 11) is 1.61. The van der Waals surface area contributed by atoms with E-state index in [0.29, 0.717) is 30.3 Å². The van der Waals surface area contributed by atoms with Crippen molar-refractivity contribution in [3.63, 3.8) is 0 Å². The minimum atomic E-state index is -0.277. The molecule has 1 amide bonds. The Kier molecular flexibility index (Phi) is 4.22. The van der Waals surface area contributed by atoms with E-state index in [1.807, 2.05) is 0 Å². The number of amides is 1. The molecule has 0 saturated carbocycles. The lowest BCUT2D eigenvalue weighted by molar-refractivity contribution is 0.0782. The van der Waals surface area contributed by atoms with Crippen LogP contribution in [0.15, 0.2) is 22.3 Å². The Bertz CT molecular complexity index is 916. The normalized spacial score (nSPS) is 11.0. The SMILES string of the molecule is CN(Cc1nc2ccsc2c(=O)[nH]1)C(=O)c1cc(Cl)sc1Cl. The van der Waals surface area contributed by atoms with Crippen LogP contribution in [0.2, 0.25) is 8.67 Å². The minimum absolute atomic E-state index is 0.170. The minimum Gasteiger partial charge on any atom is -0.334 e. The van der Waals surface area contributed by atoms with Crippen molar-refractivity contribution in [1.82, 2.24) is 14.9 Å². The first-order valence-corrected chi connectivity index (χ1v) is 8.57. The Balaban J connectivity index is 1.86. The maximum Gasteiger partial charge on any atom is 0.268 e. The highest BCUT2D eigenvalue weighted by Crippen LogP contribution is 2.31. The average Bonchev–Trinajstić information content (AvgIpc) is 3.04. The Morgan fingerprint density at radius 1 is 1.45 bits per heavy atom. The molecule has 0 unspecified atom stereocenters. The number of nitrogens with zero attached hydrogens (tertiary/aromatic N) is 2. The summed E-state index contributed by atoms with van der Waals surface area (Å²) in [5.41, 5.74) is 0.770. The van der Waals surface area contributed by atoms with E-state index in [0.717, 1.165) is 11.3 Å². The first-order valence-electron chi connectivity index (χ1n) is 6.12. The van der Waals surface area contributed by atoms with Gasteiger partial charge in [-0.15, -0.1) is 22.7 Å². The molecule has 114 valence electrons. The third-order valence-electron chi connectivity index (χ3n) is 2.98. The molecular formula is C13H9Cl2N3O2S2. The van der Waals surface area contributed by atoms with Crippen LogP contribution in [-0.2, 0) is 6.54 Å². The number of rotatable bonds is 3. The van der Waals surface area contributed by atoms with Gasteiger partial charge in [0, 0.05) is 7.05 Å². The van der Waals surface area contributed by atoms with Crippen molar-refractivity contribution >= 4 is 62.0 Å². The molecule has 3 heterocycles. The van der Waals surface area contributed by atoms with Gasteiger partial charge in [-0.25, -0.2) is 4.98 Å². The number of carbonyl (C=O) groups excluding carboxylic acids is 1. The summed E-state index contributed by atoms with van der Waals surface area (Å²) in [5, 5.41) is 1.80. The van der Waals surface area contributed by atoms with Crippen molar-refractivity contribution in [2.24, 2.45) is 0 Å². The molecule has 3 aromatic rings. The molecular weight excluding hydrogens is 365 g/mol. The zero-order chi connectivity index (χ0) is 15.9. The molecule has 0 aliphatic rings. The van der Waals surface area contributed by atoms with Gasteiger partial charge in [0.25, 0.3) is 11.5 Å². The lowest BCUT2D eigenvalue weighted by atomic mass is 10.3. The molecule has 3 aromatic heterocycles. The van der Waals surface area contributed by atoms with Crippen molar-refractivity contribution in [2.75, 3.05) is 7.05 Å². The number of carbonyl (C=O) groups is 1. The number of hydrogen-bond donors (Lipinski definition) is 1. The lowest BCUT2D eigenvalue weighted by Gasteiger charge is -2.16. The van der Waals surface area contributed by atoms with Crippen LogP contribution >= 0.6 is 45.9 Å². The first kappa shape index (κ1) is 15.5. The van der Waals surface area contributed by atoms with E-state index in [-0.39, 0.29) is 18.0 Å². The van der Waals surface area contributed by atoms with E-state index < -0.39 is 0 Å². The van der Waals surface area contributed by atoms with Crippen LogP contribution in [0.5, 0.6) is 0 Å². The number of aromatic amines is 1. The summed E-state index contributed by atoms with van der Waals surface area (Å²) >= 11 is 14.3. The molecule has 0 saturated heterocycles. The fourth-order valence-corrected chi connectivity index (χ4v) is 4.16. The van der Waals surface area contributed by atoms with Crippen molar-refractivity contribution < 1.29 is 4.79 Å². The highest BCUT2D eigenvalue weighted by molar-refractivity contribution is 7.20. The van der Waals surface area contributed by atoms with Gasteiger partial charge in [0.15, 0.2) is 0 Å². The Hall–Kier alpha value is -1.41. The summed E-state index contributed by atoms with van der Waals surface area (Å²) in [6.07, 6.45) is 0. The highest BCUT2D eigenvalue weighted by atomic mass is 35.5. The summed E-state index contributed by atoms with van der Waals surface area (Å²) in [6, 6.07) is 3.31. The second-order valence-electron chi connectivity index (χ2n) is 4.55. The van der Waals surface area contributed by atoms with Crippen LogP contribution in [0.25, 0.3) is 10.2 Å². The molecule has 0 atom stereocenters. The van der Waals surface area contributed by atoms with Crippen molar-refractivity contribution in [3.05, 3.63) is 47.9 Å². The zero-order valence-corrected chi connectivity index (χ0v) is 14.4. The van der Waals surface area contributed by atoms with Crippen molar-refractivity contribution in [3.8, 4) is 0 Å². The highest BCUT2D eigenvalue weighted by Gasteiger charge is 2.19. The van der Waals surface area contributed by atoms with Gasteiger partial charge in [0.05, 0.1) is 22.0 Å². The number of nitrogens with one attached hydrogen (secondary N) is 1. The van der Waals surface area contributed by atoms with Gasteiger partial charge < -0.3 is 9.88 Å². The molecule has 5 nitrogen and oxygen atoms in total. The maximum atomic E-state index is 12.4. The van der Waals surface area contributed by atoms with Crippen LogP contribution in [0.4, 0.5) is 0 Å². The van der Waals surface area contributed by atoms with Crippen LogP contribution in [0.1, 0.15) is 16.2 Å². The number of H-pyrrole nitrogens is 1. The molecule has 0 fully saturated rings. The number of halogens is 2. The standard InChI is InChI=1S/C13H9Cl2N3O2S2/c1-18(13(20)6-4-8(14)22-11(6)15)5-9-16-7-2-3-21-10(7)12(19)17-9/h2-4H,5H2,1H3,(H,16,17,19). The molecule has 0 aliphatic heterocycles. The molecule has 22 heavy (non-hydrogen) atoms. The number of fused-ring (bicyclic) bond motifs is 1. The second kappa shape index (κ2) is 6.00. The third kappa shape index (κ3) is 2.89. The molecule has 1 N–H and O–H groups in total. The van der Waals surface area contributed by atoms with Gasteiger partial charge in [0.2, 0.25) is 0 Å². The molecule has 0 spiro atoms. The van der Waals surface area contributed by atoms with E-state index in [1.54, 1.807) is 18.5 Å². The zero-order valence-electron chi connectivity index (χ0n) is 11.2. The van der Waals surface area contributed by atoms with E-state index in [2.05, 4.69) is 9.97 Å². The maximum absolute atomic E-state index is 12.4. The predicted octanol–water partition coefficient (Wildman–Crippen LogP) is 3.63. The molecule has 0 radical (unpaired) electrons. The fraction of sp³-hybridized carbons (Fsp3) is 0.154. The van der Waals surface area contributed by atoms with Crippen LogP contribution < -0.4 is 5.56 Å². The monoisotopic (exact) mass is 373 g/mol. The van der Waals surface area contributed by atoms with E-state index in [1.165, 1.54) is 22.3 Å². The van der Waals surface area contributed by atoms with Crippen LogP contribution in [-0.4, -0.2) is 27.8 Å². The van der Waals surface area contributed by atoms with Crippen LogP contribution in [0, 0.1) is 0 Å². The predicted molar refractivity (Wildman–Crippen MR) is 90.4 cm³/mol. The van der Waals surface area contributed by atoms with Crippen molar-refractivity contribution in [1.29, 1.82) is 0 Å². The summed E-state index contributed by atoms with van der Waals surface area (Å²) in [6.45, 7) is 0.170. The molecule has 9 heteroatoms. The van der Waals surface area contributed by atoms with Gasteiger partial charge in [-0.2, -0.15) is 0 Å². The molecule has 0 aliphatic carbocycles. The van der Waals surface area contributed by atoms with E-state index in [4.69, 9.17) is 23.2 Å². The summed E-state index contributed by atoms with van der Waals surface area (Å²) in [4.78, 5) is 32.7. The quantitative estimate of drug-likeness (QED) is 0.762. The smallest absolute Gasteiger partial charge is 0.268 e. The summed E-state index contributed by atoms with van der Waals surface area (Å²) in [5.74, 6) is 0.144. The Morgan fingerprint density at radius 3 is 2.91 bits per heavy atom. The topological polar surface area (TPSA) is 66.1 Å². The molecule has 3 rings (SSSR count). The fourth-order valence-electron chi connectivity index (χ4n) is 1.98. The number of thiophene rings is 2. The van der Waals surface area contributed by atoms with E-state index >= 15 is 0 Å². The average molecular weight is 374 g/mol. The lowest BCUT2D eigenvalue weighted by Crippen LogP contribution is -2.28.